The summed E-state index contributed by atoms with van der Waals surface area (Å²) >= 11 is 0.990. The minimum atomic E-state index is -4.05. The van der Waals surface area contributed by atoms with E-state index in [1.165, 1.54) is 0 Å². The van der Waals surface area contributed by atoms with Gasteiger partial charge in [-0.3, -0.25) is 9.36 Å². The van der Waals surface area contributed by atoms with Crippen LogP contribution >= 0.6 is 18.7 Å². The Morgan fingerprint density at radius 1 is 1.00 bits per heavy atom. The second-order valence-corrected chi connectivity index (χ2v) is 10.5. The van der Waals surface area contributed by atoms with E-state index in [1.54, 1.807) is 36.4 Å². The molecule has 1 aromatic heterocycles. The van der Waals surface area contributed by atoms with Gasteiger partial charge in [0.2, 0.25) is 13.3 Å². The third-order valence-corrected chi connectivity index (χ3v) is 7.47. The summed E-state index contributed by atoms with van der Waals surface area (Å²) in [5, 5.41) is 14.8. The minimum absolute atomic E-state index is 0.0784. The molecule has 4 rings (SSSR count). The molecule has 8 heteroatoms. The maximum atomic E-state index is 13.2. The first kappa shape index (κ1) is 20.3. The summed E-state index contributed by atoms with van der Waals surface area (Å²) in [7, 11) is -4.05. The molecule has 0 spiro atoms. The van der Waals surface area contributed by atoms with Crippen molar-refractivity contribution in [2.45, 2.75) is 5.66 Å². The number of thiophene rings is 1. The molecule has 3 aromatic carbocycles. The zero-order chi connectivity index (χ0) is 21.5. The van der Waals surface area contributed by atoms with Crippen LogP contribution in [0.25, 0.3) is 20.9 Å². The zero-order valence-corrected chi connectivity index (χ0v) is 17.6. The Labute approximate surface area is 176 Å². The van der Waals surface area contributed by atoms with Gasteiger partial charge in [0.05, 0.1) is 0 Å². The van der Waals surface area contributed by atoms with Crippen LogP contribution in [-0.4, -0.2) is 28.5 Å². The van der Waals surface area contributed by atoms with E-state index < -0.39 is 24.9 Å². The second-order valence-electron chi connectivity index (χ2n) is 7.04. The number of carboxylic acids is 1. The third-order valence-electron chi connectivity index (χ3n) is 4.85. The fourth-order valence-corrected chi connectivity index (χ4v) is 5.98. The van der Waals surface area contributed by atoms with E-state index in [0.29, 0.717) is 15.8 Å². The number of carbonyl (C=O) groups excluding carboxylic acids is 1. The third kappa shape index (κ3) is 3.75. The van der Waals surface area contributed by atoms with Crippen molar-refractivity contribution >= 4 is 57.1 Å². The molecule has 0 saturated carbocycles. The van der Waals surface area contributed by atoms with Gasteiger partial charge in [-0.05, 0) is 34.4 Å². The molecule has 0 saturated heterocycles. The Morgan fingerprint density at radius 2 is 1.67 bits per heavy atom. The molecule has 1 amide bonds. The smallest absolute Gasteiger partial charge is 0.346 e. The number of anilines is 1. The van der Waals surface area contributed by atoms with Crippen molar-refractivity contribution in [2.24, 2.45) is 0 Å². The highest BCUT2D eigenvalue weighted by Gasteiger charge is 2.39. The van der Waals surface area contributed by atoms with Crippen molar-refractivity contribution in [3.05, 3.63) is 77.2 Å². The van der Waals surface area contributed by atoms with Gasteiger partial charge in [0, 0.05) is 22.6 Å². The van der Waals surface area contributed by atoms with E-state index in [4.69, 9.17) is 0 Å². The summed E-state index contributed by atoms with van der Waals surface area (Å²) in [6.07, 6.45) is 0. The van der Waals surface area contributed by atoms with Crippen LogP contribution in [0, 0.1) is 0 Å². The number of carboxylic acid groups (broad SMARTS) is 1. The van der Waals surface area contributed by atoms with Crippen molar-refractivity contribution < 1.29 is 24.2 Å². The van der Waals surface area contributed by atoms with Gasteiger partial charge in [-0.2, -0.15) is 0 Å². The lowest BCUT2D eigenvalue weighted by Gasteiger charge is -2.20. The number of aromatic carboxylic acids is 1. The van der Waals surface area contributed by atoms with Gasteiger partial charge < -0.3 is 15.3 Å². The fraction of sp³-hybridized carbons (Fsp3) is 0.0909. The van der Waals surface area contributed by atoms with Crippen LogP contribution in [0.4, 0.5) is 5.69 Å². The molecule has 2 atom stereocenters. The van der Waals surface area contributed by atoms with E-state index in [1.807, 2.05) is 30.3 Å². The summed E-state index contributed by atoms with van der Waals surface area (Å²) in [6, 6.07) is 19.8. The fourth-order valence-electron chi connectivity index (χ4n) is 3.56. The van der Waals surface area contributed by atoms with Gasteiger partial charge in [-0.25, -0.2) is 4.79 Å². The highest BCUT2D eigenvalue weighted by atomic mass is 32.1. The Hall–Kier alpha value is -2.99. The normalized spacial score (nSPS) is 14.3. The Kier molecular flexibility index (Phi) is 5.20. The molecule has 0 bridgehead atoms. The van der Waals surface area contributed by atoms with Crippen LogP contribution < -0.4 is 5.32 Å². The van der Waals surface area contributed by atoms with Gasteiger partial charge in [-0.1, -0.05) is 48.5 Å². The number of nitrogens with one attached hydrogen (secondary N) is 1. The topological polar surface area (TPSA) is 104 Å². The molecule has 0 radical (unpaired) electrons. The predicted molar refractivity (Wildman–Crippen MR) is 120 cm³/mol. The highest BCUT2D eigenvalue weighted by Crippen LogP contribution is 2.56. The summed E-state index contributed by atoms with van der Waals surface area (Å²) in [5.74, 6) is -1.95. The van der Waals surface area contributed by atoms with Gasteiger partial charge >= 0.3 is 5.97 Å². The van der Waals surface area contributed by atoms with Gasteiger partial charge in [0.15, 0.2) is 0 Å². The van der Waals surface area contributed by atoms with Crippen LogP contribution in [0.2, 0.25) is 0 Å². The molecule has 30 heavy (non-hydrogen) atoms. The largest absolute Gasteiger partial charge is 0.477 e. The number of amides is 1. The Balaban J connectivity index is 1.81. The summed E-state index contributed by atoms with van der Waals surface area (Å²) < 4.78 is 13.4. The quantitative estimate of drug-likeness (QED) is 0.365. The van der Waals surface area contributed by atoms with E-state index in [0.717, 1.165) is 28.8 Å². The zero-order valence-electron chi connectivity index (χ0n) is 15.9. The van der Waals surface area contributed by atoms with E-state index in [-0.39, 0.29) is 10.4 Å². The number of rotatable bonds is 5. The van der Waals surface area contributed by atoms with E-state index in [2.05, 4.69) is 5.32 Å². The molecular weight excluding hydrogens is 421 g/mol. The number of hydrogen-bond donors (Lipinski definition) is 3. The molecule has 3 N–H and O–H groups in total. The van der Waals surface area contributed by atoms with Crippen LogP contribution in [0.5, 0.6) is 0 Å². The van der Waals surface area contributed by atoms with Crippen molar-refractivity contribution in [1.29, 1.82) is 0 Å². The van der Waals surface area contributed by atoms with Gasteiger partial charge in [-0.15, -0.1) is 11.3 Å². The van der Waals surface area contributed by atoms with Crippen LogP contribution in [0.1, 0.15) is 20.9 Å². The second kappa shape index (κ2) is 7.69. The number of fused-ring (bicyclic) bond motifs is 2. The first-order valence-electron chi connectivity index (χ1n) is 9.10. The van der Waals surface area contributed by atoms with Crippen molar-refractivity contribution in [3.63, 3.8) is 0 Å². The van der Waals surface area contributed by atoms with Crippen molar-refractivity contribution in [1.82, 2.24) is 0 Å². The molecule has 2 unspecified atom stereocenters. The number of carbonyl (C=O) groups is 2. The predicted octanol–water partition coefficient (Wildman–Crippen LogP) is 5.33. The molecule has 1 heterocycles. The summed E-state index contributed by atoms with van der Waals surface area (Å²) in [5.41, 5.74) is -0.963. The SMILES string of the molecule is CP(=O)(O)C(C(=O)Nc1ccc2ccccc2c1)c1c(C(=O)O)sc2ccccc12. The number of hydrogen-bond acceptors (Lipinski definition) is 4. The maximum absolute atomic E-state index is 13.2. The molecule has 4 aromatic rings. The van der Waals surface area contributed by atoms with Crippen LogP contribution in [-0.2, 0) is 9.36 Å². The maximum Gasteiger partial charge on any atom is 0.346 e. The first-order valence-corrected chi connectivity index (χ1v) is 12.1. The van der Waals surface area contributed by atoms with E-state index in [9.17, 15) is 24.2 Å². The van der Waals surface area contributed by atoms with Crippen molar-refractivity contribution in [3.8, 4) is 0 Å². The molecule has 0 fully saturated rings. The van der Waals surface area contributed by atoms with Crippen LogP contribution in [0.3, 0.4) is 0 Å². The molecule has 152 valence electrons. The summed E-state index contributed by atoms with van der Waals surface area (Å²) in [4.78, 5) is 35.4. The lowest BCUT2D eigenvalue weighted by Crippen LogP contribution is -2.22. The first-order chi connectivity index (χ1) is 14.3. The number of benzene rings is 3. The van der Waals surface area contributed by atoms with Gasteiger partial charge in [0.25, 0.3) is 0 Å². The highest BCUT2D eigenvalue weighted by molar-refractivity contribution is 7.58. The van der Waals surface area contributed by atoms with Crippen LogP contribution in [0.15, 0.2) is 66.7 Å². The molecular formula is C22H18NO5PS. The van der Waals surface area contributed by atoms with E-state index >= 15 is 0 Å². The minimum Gasteiger partial charge on any atom is -0.477 e. The standard InChI is InChI=1S/C22H18NO5PS/c1-29(27,28)19(18-16-8-4-5-9-17(16)30-20(18)22(25)26)21(24)23-15-11-10-13-6-2-3-7-14(13)12-15/h2-12,19H,1H3,(H,23,24)(H,25,26)(H,27,28). The Morgan fingerprint density at radius 3 is 2.37 bits per heavy atom. The molecule has 6 nitrogen and oxygen atoms in total. The average Bonchev–Trinajstić information content (AvgIpc) is 3.06. The summed E-state index contributed by atoms with van der Waals surface area (Å²) in [6.45, 7) is 1.08. The van der Waals surface area contributed by atoms with Crippen molar-refractivity contribution in [2.75, 3.05) is 12.0 Å². The van der Waals surface area contributed by atoms with Gasteiger partial charge in [0.1, 0.15) is 10.5 Å². The monoisotopic (exact) mass is 439 g/mol. The molecule has 0 aliphatic heterocycles. The lowest BCUT2D eigenvalue weighted by atomic mass is 10.1. The lowest BCUT2D eigenvalue weighted by molar-refractivity contribution is -0.116. The molecule has 0 aliphatic carbocycles. The Bertz CT molecular complexity index is 1340. The molecule has 0 aliphatic rings. The average molecular weight is 439 g/mol.